The van der Waals surface area contributed by atoms with Crippen LogP contribution in [0.4, 0.5) is 0 Å². The van der Waals surface area contributed by atoms with Gasteiger partial charge in [0, 0.05) is 24.7 Å². The molecule has 0 unspecified atom stereocenters. The molecule has 5 nitrogen and oxygen atoms in total. The Hall–Kier alpha value is -3.73. The van der Waals surface area contributed by atoms with E-state index in [1.807, 2.05) is 18.7 Å². The monoisotopic (exact) mass is 421 g/mol. The average Bonchev–Trinajstić information content (AvgIpc) is 3.31. The summed E-state index contributed by atoms with van der Waals surface area (Å²) < 4.78 is 4.12. The summed E-state index contributed by atoms with van der Waals surface area (Å²) in [5, 5.41) is 4.39. The third-order valence-electron chi connectivity index (χ3n) is 6.03. The van der Waals surface area contributed by atoms with E-state index in [4.69, 9.17) is 4.98 Å². The highest BCUT2D eigenvalue weighted by molar-refractivity contribution is 5.89. The van der Waals surface area contributed by atoms with Gasteiger partial charge in [0.2, 0.25) is 0 Å². The highest BCUT2D eigenvalue weighted by Gasteiger charge is 2.18. The number of hydrogen-bond acceptors (Lipinski definition) is 3. The van der Waals surface area contributed by atoms with E-state index in [1.165, 1.54) is 22.3 Å². The van der Waals surface area contributed by atoms with Crippen LogP contribution in [0, 0.1) is 20.8 Å². The first kappa shape index (κ1) is 20.2. The lowest BCUT2D eigenvalue weighted by molar-refractivity contribution is 0.764. The Labute approximate surface area is 188 Å². The Kier molecular flexibility index (Phi) is 4.89. The average molecular weight is 422 g/mol. The zero-order valence-corrected chi connectivity index (χ0v) is 19.2. The molecule has 0 amide bonds. The molecule has 0 bridgehead atoms. The molecule has 2 aromatic heterocycles. The molecule has 0 aliphatic heterocycles. The molecular formula is C27H27N5. The predicted octanol–water partition coefficient (Wildman–Crippen LogP) is 6.11. The molecule has 2 heterocycles. The van der Waals surface area contributed by atoms with E-state index in [2.05, 4.69) is 96.1 Å². The standard InChI is InChI=1S/C27H27N5/c1-6-32-25-14-12-20(26-28-19(4)30-31(26)5)16-24(25)29-27(32)23-10-8-7-9-22(23)21-13-11-17(2)15-18(21)3/h7-16H,6H2,1-5H3. The molecule has 5 heteroatoms. The number of nitrogens with zero attached hydrogens (tertiary/aromatic N) is 5. The molecule has 0 spiro atoms. The maximum Gasteiger partial charge on any atom is 0.158 e. The quantitative estimate of drug-likeness (QED) is 0.352. The van der Waals surface area contributed by atoms with Gasteiger partial charge in [-0.3, -0.25) is 0 Å². The summed E-state index contributed by atoms with van der Waals surface area (Å²) in [7, 11) is 1.93. The summed E-state index contributed by atoms with van der Waals surface area (Å²) in [4.78, 5) is 9.70. The summed E-state index contributed by atoms with van der Waals surface area (Å²) in [5.74, 6) is 2.61. The molecule has 0 atom stereocenters. The van der Waals surface area contributed by atoms with Crippen LogP contribution in [-0.2, 0) is 13.6 Å². The van der Waals surface area contributed by atoms with Crippen molar-refractivity contribution in [2.45, 2.75) is 34.2 Å². The Morgan fingerprint density at radius 1 is 0.781 bits per heavy atom. The Balaban J connectivity index is 1.71. The van der Waals surface area contributed by atoms with Gasteiger partial charge in [-0.25, -0.2) is 14.6 Å². The van der Waals surface area contributed by atoms with Crippen LogP contribution in [0.15, 0.2) is 60.7 Å². The third-order valence-corrected chi connectivity index (χ3v) is 6.03. The van der Waals surface area contributed by atoms with Crippen molar-refractivity contribution < 1.29 is 0 Å². The number of hydrogen-bond donors (Lipinski definition) is 0. The van der Waals surface area contributed by atoms with Crippen molar-refractivity contribution in [2.24, 2.45) is 7.05 Å². The van der Waals surface area contributed by atoms with Crippen LogP contribution in [0.3, 0.4) is 0 Å². The van der Waals surface area contributed by atoms with Gasteiger partial charge in [0.1, 0.15) is 11.6 Å². The smallest absolute Gasteiger partial charge is 0.158 e. The zero-order valence-electron chi connectivity index (χ0n) is 19.2. The van der Waals surface area contributed by atoms with Crippen molar-refractivity contribution in [2.75, 3.05) is 0 Å². The summed E-state index contributed by atoms with van der Waals surface area (Å²) in [5.41, 5.74) is 9.27. The lowest BCUT2D eigenvalue weighted by Crippen LogP contribution is -1.99. The Morgan fingerprint density at radius 2 is 1.56 bits per heavy atom. The van der Waals surface area contributed by atoms with E-state index in [0.29, 0.717) is 0 Å². The molecular weight excluding hydrogens is 394 g/mol. The fourth-order valence-electron chi connectivity index (χ4n) is 4.59. The minimum atomic E-state index is 0.768. The highest BCUT2D eigenvalue weighted by atomic mass is 15.3. The van der Waals surface area contributed by atoms with Crippen LogP contribution in [0.1, 0.15) is 23.9 Å². The first-order valence-electron chi connectivity index (χ1n) is 11.0. The fraction of sp³-hybridized carbons (Fsp3) is 0.222. The van der Waals surface area contributed by atoms with Crippen LogP contribution in [-0.4, -0.2) is 24.3 Å². The van der Waals surface area contributed by atoms with Gasteiger partial charge < -0.3 is 4.57 Å². The summed E-state index contributed by atoms with van der Waals surface area (Å²) in [6.07, 6.45) is 0. The maximum atomic E-state index is 5.12. The van der Waals surface area contributed by atoms with Gasteiger partial charge >= 0.3 is 0 Å². The van der Waals surface area contributed by atoms with Crippen molar-refractivity contribution in [3.8, 4) is 33.9 Å². The zero-order chi connectivity index (χ0) is 22.4. The molecule has 0 aliphatic carbocycles. The van der Waals surface area contributed by atoms with Gasteiger partial charge in [-0.1, -0.05) is 48.0 Å². The number of aryl methyl sites for hydroxylation is 5. The van der Waals surface area contributed by atoms with Crippen molar-refractivity contribution in [3.63, 3.8) is 0 Å². The molecule has 5 rings (SSSR count). The minimum absolute atomic E-state index is 0.768. The van der Waals surface area contributed by atoms with Gasteiger partial charge in [-0.15, -0.1) is 0 Å². The number of aromatic nitrogens is 5. The molecule has 0 fully saturated rings. The Bertz CT molecular complexity index is 1450. The van der Waals surface area contributed by atoms with Crippen molar-refractivity contribution in [1.29, 1.82) is 0 Å². The van der Waals surface area contributed by atoms with Gasteiger partial charge in [-0.2, -0.15) is 5.10 Å². The molecule has 0 radical (unpaired) electrons. The van der Waals surface area contributed by atoms with E-state index < -0.39 is 0 Å². The largest absolute Gasteiger partial charge is 0.324 e. The predicted molar refractivity (Wildman–Crippen MR) is 130 cm³/mol. The Morgan fingerprint density at radius 3 is 2.25 bits per heavy atom. The fourth-order valence-corrected chi connectivity index (χ4v) is 4.59. The van der Waals surface area contributed by atoms with Crippen LogP contribution in [0.5, 0.6) is 0 Å². The topological polar surface area (TPSA) is 48.5 Å². The molecule has 0 saturated carbocycles. The van der Waals surface area contributed by atoms with Crippen LogP contribution < -0.4 is 0 Å². The summed E-state index contributed by atoms with van der Waals surface area (Å²) in [6, 6.07) is 21.6. The van der Waals surface area contributed by atoms with E-state index in [9.17, 15) is 0 Å². The second-order valence-electron chi connectivity index (χ2n) is 8.35. The van der Waals surface area contributed by atoms with Crippen LogP contribution in [0.25, 0.3) is 44.9 Å². The van der Waals surface area contributed by atoms with Gasteiger partial charge in [0.25, 0.3) is 0 Å². The van der Waals surface area contributed by atoms with Gasteiger partial charge in [-0.05, 0) is 62.6 Å². The lowest BCUT2D eigenvalue weighted by Gasteiger charge is -2.14. The van der Waals surface area contributed by atoms with Crippen molar-refractivity contribution in [3.05, 3.63) is 77.6 Å². The molecule has 32 heavy (non-hydrogen) atoms. The third kappa shape index (κ3) is 3.30. The number of benzene rings is 3. The molecule has 0 N–H and O–H groups in total. The molecule has 3 aromatic carbocycles. The van der Waals surface area contributed by atoms with E-state index in [0.717, 1.165) is 46.2 Å². The molecule has 0 aliphatic rings. The summed E-state index contributed by atoms with van der Waals surface area (Å²) in [6.45, 7) is 9.24. The normalized spacial score (nSPS) is 11.4. The lowest BCUT2D eigenvalue weighted by atomic mass is 9.94. The number of rotatable bonds is 4. The number of imidazole rings is 1. The maximum absolute atomic E-state index is 5.12. The van der Waals surface area contributed by atoms with Crippen LogP contribution in [0.2, 0.25) is 0 Å². The molecule has 160 valence electrons. The second-order valence-corrected chi connectivity index (χ2v) is 8.35. The van der Waals surface area contributed by atoms with Crippen molar-refractivity contribution >= 4 is 11.0 Å². The van der Waals surface area contributed by atoms with E-state index in [1.54, 1.807) is 0 Å². The molecule has 0 saturated heterocycles. The molecule has 5 aromatic rings. The van der Waals surface area contributed by atoms with Gasteiger partial charge in [0.05, 0.1) is 11.0 Å². The van der Waals surface area contributed by atoms with Crippen molar-refractivity contribution in [1.82, 2.24) is 24.3 Å². The second kappa shape index (κ2) is 7.75. The van der Waals surface area contributed by atoms with E-state index in [-0.39, 0.29) is 0 Å². The van der Waals surface area contributed by atoms with Crippen LogP contribution >= 0.6 is 0 Å². The minimum Gasteiger partial charge on any atom is -0.324 e. The number of fused-ring (bicyclic) bond motifs is 1. The first-order valence-corrected chi connectivity index (χ1v) is 11.0. The van der Waals surface area contributed by atoms with Gasteiger partial charge in [0.15, 0.2) is 5.82 Å². The SMILES string of the molecule is CCn1c(-c2ccccc2-c2ccc(C)cc2C)nc2cc(-c3nc(C)nn3C)ccc21. The van der Waals surface area contributed by atoms with E-state index >= 15 is 0 Å². The highest BCUT2D eigenvalue weighted by Crippen LogP contribution is 2.36. The first-order chi connectivity index (χ1) is 15.5. The summed E-state index contributed by atoms with van der Waals surface area (Å²) >= 11 is 0.